The molecule has 0 aromatic heterocycles. The molecule has 0 heterocycles. The van der Waals surface area contributed by atoms with Crippen LogP contribution in [0.2, 0.25) is 0 Å². The van der Waals surface area contributed by atoms with E-state index in [1.807, 2.05) is 0 Å². The maximum Gasteiger partial charge on any atom is -0.0392 e. The molecular weight excluding hydrogens is 192 g/mol. The third kappa shape index (κ3) is 3.52. The third-order valence-corrected chi connectivity index (χ3v) is 3.64. The van der Waals surface area contributed by atoms with Gasteiger partial charge in [0.1, 0.15) is 0 Å². The summed E-state index contributed by atoms with van der Waals surface area (Å²) in [6, 6.07) is 0. The first-order valence-electron chi connectivity index (χ1n) is 5.85. The van der Waals surface area contributed by atoms with Crippen molar-refractivity contribution in [1.29, 1.82) is 0 Å². The zero-order valence-electron chi connectivity index (χ0n) is 12.2. The minimum absolute atomic E-state index is 1.15. The van der Waals surface area contributed by atoms with E-state index in [4.69, 9.17) is 0 Å². The van der Waals surface area contributed by atoms with E-state index in [1.54, 1.807) is 0 Å². The lowest BCUT2D eigenvalue weighted by Crippen LogP contribution is -1.94. The molecule has 0 unspecified atom stereocenters. The van der Waals surface area contributed by atoms with Crippen LogP contribution in [0.15, 0.2) is 45.6 Å². The van der Waals surface area contributed by atoms with Gasteiger partial charge < -0.3 is 0 Å². The van der Waals surface area contributed by atoms with Gasteiger partial charge in [-0.25, -0.2) is 0 Å². The van der Waals surface area contributed by atoms with Crippen LogP contribution in [-0.4, -0.2) is 0 Å². The monoisotopic (exact) mass is 218 g/mol. The van der Waals surface area contributed by atoms with E-state index in [0.29, 0.717) is 0 Å². The summed E-state index contributed by atoms with van der Waals surface area (Å²) in [6.45, 7) is 21.3. The molecule has 0 saturated heterocycles. The van der Waals surface area contributed by atoms with Gasteiger partial charge in [0.25, 0.3) is 0 Å². The van der Waals surface area contributed by atoms with Crippen LogP contribution in [0.3, 0.4) is 0 Å². The summed E-state index contributed by atoms with van der Waals surface area (Å²) in [5.41, 5.74) is 9.35. The zero-order chi connectivity index (χ0) is 13.0. The molecule has 0 radical (unpaired) electrons. The quantitative estimate of drug-likeness (QED) is 0.541. The molecule has 0 saturated carbocycles. The van der Waals surface area contributed by atoms with Crippen molar-refractivity contribution in [2.45, 2.75) is 55.4 Å². The van der Waals surface area contributed by atoms with E-state index < -0.39 is 0 Å². The van der Waals surface area contributed by atoms with Crippen molar-refractivity contribution in [3.8, 4) is 0 Å². The van der Waals surface area contributed by atoms with Crippen molar-refractivity contribution in [1.82, 2.24) is 0 Å². The van der Waals surface area contributed by atoms with Gasteiger partial charge in [-0.2, -0.15) is 0 Å². The van der Waals surface area contributed by atoms with Crippen LogP contribution in [0.1, 0.15) is 55.4 Å². The van der Waals surface area contributed by atoms with Crippen LogP contribution < -0.4 is 0 Å². The maximum atomic E-state index is 4.01. The van der Waals surface area contributed by atoms with Crippen molar-refractivity contribution in [2.24, 2.45) is 0 Å². The van der Waals surface area contributed by atoms with Gasteiger partial charge in [-0.15, -0.1) is 0 Å². The highest BCUT2D eigenvalue weighted by atomic mass is 14.1. The highest BCUT2D eigenvalue weighted by Gasteiger charge is 2.05. The van der Waals surface area contributed by atoms with Gasteiger partial charge in [-0.1, -0.05) is 17.7 Å². The molecule has 0 nitrogen and oxygen atoms in total. The summed E-state index contributed by atoms with van der Waals surface area (Å²) in [4.78, 5) is 0. The van der Waals surface area contributed by atoms with Crippen molar-refractivity contribution >= 4 is 0 Å². The Labute approximate surface area is 101 Å². The molecule has 0 atom stereocenters. The Balaban J connectivity index is 5.61. The molecule has 0 aliphatic rings. The molecule has 0 aromatic rings. The Morgan fingerprint density at radius 2 is 0.812 bits per heavy atom. The molecule has 0 bridgehead atoms. The molecule has 0 aromatic carbocycles. The molecule has 0 aliphatic heterocycles. The fraction of sp³-hybridized carbons (Fsp3) is 0.500. The predicted molar refractivity (Wildman–Crippen MR) is 75.6 cm³/mol. The summed E-state index contributed by atoms with van der Waals surface area (Å²) in [5.74, 6) is 0. The SMILES string of the molecule is C=C(C)C(C)=C(C)C(C)=C(C)C(C)=C(C)C. The Morgan fingerprint density at radius 3 is 1.12 bits per heavy atom. The summed E-state index contributed by atoms with van der Waals surface area (Å²) in [7, 11) is 0. The van der Waals surface area contributed by atoms with Gasteiger partial charge in [-0.05, 0) is 83.3 Å². The van der Waals surface area contributed by atoms with Crippen molar-refractivity contribution < 1.29 is 0 Å². The topological polar surface area (TPSA) is 0 Å². The van der Waals surface area contributed by atoms with Gasteiger partial charge in [-0.3, -0.25) is 0 Å². The number of hydrogen-bond acceptors (Lipinski definition) is 0. The third-order valence-electron chi connectivity index (χ3n) is 3.64. The number of rotatable bonds is 3. The molecule has 90 valence electrons. The molecule has 0 spiro atoms. The molecule has 0 rings (SSSR count). The van der Waals surface area contributed by atoms with E-state index in [2.05, 4.69) is 62.0 Å². The lowest BCUT2D eigenvalue weighted by molar-refractivity contribution is 1.15. The Morgan fingerprint density at radius 1 is 0.500 bits per heavy atom. The number of hydrogen-bond donors (Lipinski definition) is 0. The lowest BCUT2D eigenvalue weighted by Gasteiger charge is -2.14. The van der Waals surface area contributed by atoms with Crippen LogP contribution in [0.25, 0.3) is 0 Å². The molecule has 0 heteroatoms. The normalized spacial score (nSPS) is 14.0. The Hall–Kier alpha value is -1.04. The zero-order valence-corrected chi connectivity index (χ0v) is 12.2. The second-order valence-electron chi connectivity index (χ2n) is 4.91. The van der Waals surface area contributed by atoms with Crippen molar-refractivity contribution in [3.63, 3.8) is 0 Å². The van der Waals surface area contributed by atoms with E-state index >= 15 is 0 Å². The lowest BCUT2D eigenvalue weighted by atomic mass is 9.92. The maximum absolute atomic E-state index is 4.01. The summed E-state index contributed by atoms with van der Waals surface area (Å²) >= 11 is 0. The van der Waals surface area contributed by atoms with E-state index in [1.165, 1.54) is 33.4 Å². The van der Waals surface area contributed by atoms with Gasteiger partial charge in [0, 0.05) is 0 Å². The summed E-state index contributed by atoms with van der Waals surface area (Å²) in [6.07, 6.45) is 0. The highest BCUT2D eigenvalue weighted by Crippen LogP contribution is 2.25. The van der Waals surface area contributed by atoms with E-state index in [0.717, 1.165) is 5.57 Å². The standard InChI is InChI=1S/C16H26/c1-10(2)12(5)14(7)16(9)15(8)13(6)11(3)4/h1H2,2-9H3. The van der Waals surface area contributed by atoms with Crippen molar-refractivity contribution in [2.75, 3.05) is 0 Å². The Kier molecular flexibility index (Phi) is 5.50. The van der Waals surface area contributed by atoms with Crippen LogP contribution in [0.5, 0.6) is 0 Å². The molecule has 0 amide bonds. The highest BCUT2D eigenvalue weighted by molar-refractivity contribution is 5.47. The molecule has 16 heavy (non-hydrogen) atoms. The molecule has 0 N–H and O–H groups in total. The minimum Gasteiger partial charge on any atom is -0.0958 e. The van der Waals surface area contributed by atoms with Crippen LogP contribution in [0.4, 0.5) is 0 Å². The predicted octanol–water partition coefficient (Wildman–Crippen LogP) is 5.59. The first kappa shape index (κ1) is 15.0. The fourth-order valence-corrected chi connectivity index (χ4v) is 1.54. The van der Waals surface area contributed by atoms with Gasteiger partial charge >= 0.3 is 0 Å². The molecule has 0 fully saturated rings. The first-order valence-corrected chi connectivity index (χ1v) is 5.85. The van der Waals surface area contributed by atoms with E-state index in [9.17, 15) is 0 Å². The summed E-state index contributed by atoms with van der Waals surface area (Å²) in [5, 5.41) is 0. The fourth-order valence-electron chi connectivity index (χ4n) is 1.54. The average Bonchev–Trinajstić information content (AvgIpc) is 2.23. The largest absolute Gasteiger partial charge is 0.0958 e. The smallest absolute Gasteiger partial charge is 0.0392 e. The molecular formula is C16H26. The Bertz CT molecular complexity index is 380. The van der Waals surface area contributed by atoms with Gasteiger partial charge in [0.2, 0.25) is 0 Å². The summed E-state index contributed by atoms with van der Waals surface area (Å²) < 4.78 is 0. The van der Waals surface area contributed by atoms with Gasteiger partial charge in [0.15, 0.2) is 0 Å². The van der Waals surface area contributed by atoms with Crippen molar-refractivity contribution in [3.05, 3.63) is 45.6 Å². The van der Waals surface area contributed by atoms with E-state index in [-0.39, 0.29) is 0 Å². The average molecular weight is 218 g/mol. The second kappa shape index (κ2) is 5.89. The van der Waals surface area contributed by atoms with Crippen LogP contribution in [0, 0.1) is 0 Å². The second-order valence-corrected chi connectivity index (χ2v) is 4.91. The molecule has 0 aliphatic carbocycles. The van der Waals surface area contributed by atoms with Crippen LogP contribution >= 0.6 is 0 Å². The van der Waals surface area contributed by atoms with Gasteiger partial charge in [0.05, 0.1) is 0 Å². The first-order chi connectivity index (χ1) is 7.20. The van der Waals surface area contributed by atoms with Crippen LogP contribution in [-0.2, 0) is 0 Å². The minimum atomic E-state index is 1.15. The number of allylic oxidation sites excluding steroid dienone is 7.